The average Bonchev–Trinajstić information content (AvgIpc) is 2.61. The largest absolute Gasteiger partial charge is 0.496 e. The van der Waals surface area contributed by atoms with Gasteiger partial charge in [0, 0.05) is 23.1 Å². The zero-order chi connectivity index (χ0) is 19.1. The van der Waals surface area contributed by atoms with E-state index < -0.39 is 11.7 Å². The van der Waals surface area contributed by atoms with E-state index in [0.29, 0.717) is 39.3 Å². The first-order chi connectivity index (χ1) is 12.3. The van der Waals surface area contributed by atoms with Crippen LogP contribution in [0.15, 0.2) is 36.4 Å². The normalized spacial score (nSPS) is 11.6. The fourth-order valence-corrected chi connectivity index (χ4v) is 2.95. The molecule has 0 bridgehead atoms. The molecule has 0 amide bonds. The van der Waals surface area contributed by atoms with Crippen molar-refractivity contribution in [2.24, 2.45) is 0 Å². The molecule has 3 rings (SSSR count). The van der Waals surface area contributed by atoms with Crippen molar-refractivity contribution in [1.82, 2.24) is 4.98 Å². The van der Waals surface area contributed by atoms with Gasteiger partial charge in [0.1, 0.15) is 5.75 Å². The lowest BCUT2D eigenvalue weighted by Crippen LogP contribution is -2.04. The SMILES string of the molecule is COc1cc(C)c2c(-c3ccc(C(F)(F)F)cc3)c(OC)cc(N)c2n1. The quantitative estimate of drug-likeness (QED) is 0.678. The second kappa shape index (κ2) is 6.40. The maximum absolute atomic E-state index is 12.9. The third kappa shape index (κ3) is 3.00. The summed E-state index contributed by atoms with van der Waals surface area (Å²) in [6.07, 6.45) is -4.39. The molecule has 1 heterocycles. The molecule has 0 spiro atoms. The molecule has 0 saturated carbocycles. The second-order valence-electron chi connectivity index (χ2n) is 5.82. The molecule has 2 aromatic carbocycles. The molecular formula is C19H17F3N2O2. The maximum atomic E-state index is 12.9. The number of nitrogens with zero attached hydrogens (tertiary/aromatic N) is 1. The van der Waals surface area contributed by atoms with Crippen molar-refractivity contribution < 1.29 is 22.6 Å². The number of ether oxygens (including phenoxy) is 2. The number of nitrogens with two attached hydrogens (primary N) is 1. The Hall–Kier alpha value is -2.96. The Balaban J connectivity index is 2.32. The molecule has 3 aromatic rings. The van der Waals surface area contributed by atoms with Crippen LogP contribution in [-0.2, 0) is 6.18 Å². The van der Waals surface area contributed by atoms with Gasteiger partial charge in [-0.25, -0.2) is 4.98 Å². The number of pyridine rings is 1. The molecule has 4 nitrogen and oxygen atoms in total. The van der Waals surface area contributed by atoms with Crippen molar-refractivity contribution in [3.63, 3.8) is 0 Å². The molecular weight excluding hydrogens is 345 g/mol. The monoisotopic (exact) mass is 362 g/mol. The average molecular weight is 362 g/mol. The van der Waals surface area contributed by atoms with Gasteiger partial charge in [-0.3, -0.25) is 0 Å². The fraction of sp³-hybridized carbons (Fsp3) is 0.211. The molecule has 0 radical (unpaired) electrons. The summed E-state index contributed by atoms with van der Waals surface area (Å²) in [7, 11) is 2.99. The van der Waals surface area contributed by atoms with Crippen LogP contribution in [0.4, 0.5) is 18.9 Å². The Morgan fingerprint density at radius 2 is 1.65 bits per heavy atom. The third-order valence-electron chi connectivity index (χ3n) is 4.18. The van der Waals surface area contributed by atoms with Crippen LogP contribution in [0.2, 0.25) is 0 Å². The Labute approximate surface area is 148 Å². The van der Waals surface area contributed by atoms with E-state index in [1.54, 1.807) is 12.1 Å². The van der Waals surface area contributed by atoms with Crippen molar-refractivity contribution in [1.29, 1.82) is 0 Å². The minimum absolute atomic E-state index is 0.398. The number of nitrogen functional groups attached to an aromatic ring is 1. The highest BCUT2D eigenvalue weighted by Gasteiger charge is 2.30. The zero-order valence-electron chi connectivity index (χ0n) is 14.4. The number of rotatable bonds is 3. The predicted octanol–water partition coefficient (Wildman–Crippen LogP) is 4.83. The molecule has 1 aromatic heterocycles. The van der Waals surface area contributed by atoms with Crippen molar-refractivity contribution in [3.05, 3.63) is 47.5 Å². The Morgan fingerprint density at radius 3 is 2.19 bits per heavy atom. The Bertz CT molecular complexity index is 967. The van der Waals surface area contributed by atoms with E-state index >= 15 is 0 Å². The van der Waals surface area contributed by atoms with Crippen molar-refractivity contribution in [2.45, 2.75) is 13.1 Å². The van der Waals surface area contributed by atoms with Gasteiger partial charge in [-0.1, -0.05) is 12.1 Å². The summed E-state index contributed by atoms with van der Waals surface area (Å²) in [5, 5.41) is 0.711. The summed E-state index contributed by atoms with van der Waals surface area (Å²) in [5.74, 6) is 0.870. The number of benzene rings is 2. The standard InChI is InChI=1S/C19H17F3N2O2/c1-10-8-15(26-3)24-18-13(23)9-14(25-2)17(16(10)18)11-4-6-12(7-5-11)19(20,21)22/h4-9H,23H2,1-3H3. The van der Waals surface area contributed by atoms with Gasteiger partial charge in [-0.15, -0.1) is 0 Å². The van der Waals surface area contributed by atoms with Gasteiger partial charge in [0.05, 0.1) is 31.0 Å². The molecule has 0 fully saturated rings. The first-order valence-electron chi connectivity index (χ1n) is 7.75. The number of aryl methyl sites for hydroxylation is 1. The molecule has 2 N–H and O–H groups in total. The number of hydrogen-bond donors (Lipinski definition) is 1. The zero-order valence-corrected chi connectivity index (χ0v) is 14.4. The molecule has 0 saturated heterocycles. The predicted molar refractivity (Wildman–Crippen MR) is 94.4 cm³/mol. The first-order valence-corrected chi connectivity index (χ1v) is 7.75. The summed E-state index contributed by atoms with van der Waals surface area (Å²) < 4.78 is 49.2. The van der Waals surface area contributed by atoms with Crippen LogP contribution in [0.5, 0.6) is 11.6 Å². The highest BCUT2D eigenvalue weighted by molar-refractivity contribution is 6.05. The van der Waals surface area contributed by atoms with Crippen LogP contribution in [0, 0.1) is 6.92 Å². The summed E-state index contributed by atoms with van der Waals surface area (Å²) >= 11 is 0. The topological polar surface area (TPSA) is 57.4 Å². The number of anilines is 1. The number of fused-ring (bicyclic) bond motifs is 1. The van der Waals surface area contributed by atoms with E-state index in [1.165, 1.54) is 26.4 Å². The number of halogens is 3. The molecule has 0 aliphatic rings. The number of alkyl halides is 3. The number of aromatic nitrogens is 1. The van der Waals surface area contributed by atoms with Gasteiger partial charge in [-0.2, -0.15) is 13.2 Å². The molecule has 7 heteroatoms. The summed E-state index contributed by atoms with van der Waals surface area (Å²) in [4.78, 5) is 4.39. The van der Waals surface area contributed by atoms with E-state index in [2.05, 4.69) is 4.98 Å². The molecule has 0 aliphatic carbocycles. The minimum atomic E-state index is -4.39. The van der Waals surface area contributed by atoms with Crippen LogP contribution in [0.1, 0.15) is 11.1 Å². The summed E-state index contributed by atoms with van der Waals surface area (Å²) in [6, 6.07) is 8.28. The van der Waals surface area contributed by atoms with E-state index in [0.717, 1.165) is 17.7 Å². The number of methoxy groups -OCH3 is 2. The van der Waals surface area contributed by atoms with Crippen LogP contribution in [-0.4, -0.2) is 19.2 Å². The Kier molecular flexibility index (Phi) is 4.39. The lowest BCUT2D eigenvalue weighted by atomic mass is 9.95. The first kappa shape index (κ1) is 17.8. The van der Waals surface area contributed by atoms with Crippen molar-refractivity contribution in [2.75, 3.05) is 20.0 Å². The lowest BCUT2D eigenvalue weighted by Gasteiger charge is -2.17. The van der Waals surface area contributed by atoms with Gasteiger partial charge < -0.3 is 15.2 Å². The summed E-state index contributed by atoms with van der Waals surface area (Å²) in [5.41, 5.74) is 8.35. The van der Waals surface area contributed by atoms with Crippen molar-refractivity contribution in [3.8, 4) is 22.8 Å². The number of hydrogen-bond acceptors (Lipinski definition) is 4. The van der Waals surface area contributed by atoms with Gasteiger partial charge in [0.2, 0.25) is 5.88 Å². The molecule has 26 heavy (non-hydrogen) atoms. The highest BCUT2D eigenvalue weighted by Crippen LogP contribution is 2.42. The fourth-order valence-electron chi connectivity index (χ4n) is 2.95. The molecule has 0 aliphatic heterocycles. The molecule has 0 unspecified atom stereocenters. The molecule has 136 valence electrons. The minimum Gasteiger partial charge on any atom is -0.496 e. The van der Waals surface area contributed by atoms with E-state index in [4.69, 9.17) is 15.2 Å². The van der Waals surface area contributed by atoms with Crippen molar-refractivity contribution >= 4 is 16.6 Å². The van der Waals surface area contributed by atoms with Gasteiger partial charge in [0.15, 0.2) is 0 Å². The van der Waals surface area contributed by atoms with Gasteiger partial charge >= 0.3 is 6.18 Å². The van der Waals surface area contributed by atoms with E-state index in [1.807, 2.05) is 6.92 Å². The lowest BCUT2D eigenvalue weighted by molar-refractivity contribution is -0.137. The third-order valence-corrected chi connectivity index (χ3v) is 4.18. The van der Waals surface area contributed by atoms with Crippen LogP contribution in [0.25, 0.3) is 22.0 Å². The van der Waals surface area contributed by atoms with Crippen LogP contribution >= 0.6 is 0 Å². The van der Waals surface area contributed by atoms with Crippen LogP contribution < -0.4 is 15.2 Å². The maximum Gasteiger partial charge on any atom is 0.416 e. The van der Waals surface area contributed by atoms with E-state index in [-0.39, 0.29) is 0 Å². The van der Waals surface area contributed by atoms with Crippen LogP contribution in [0.3, 0.4) is 0 Å². The van der Waals surface area contributed by atoms with E-state index in [9.17, 15) is 13.2 Å². The Morgan fingerprint density at radius 1 is 1.00 bits per heavy atom. The highest BCUT2D eigenvalue weighted by atomic mass is 19.4. The second-order valence-corrected chi connectivity index (χ2v) is 5.82. The molecule has 0 atom stereocenters. The summed E-state index contributed by atoms with van der Waals surface area (Å²) in [6.45, 7) is 1.86. The smallest absolute Gasteiger partial charge is 0.416 e. The van der Waals surface area contributed by atoms with Gasteiger partial charge in [0.25, 0.3) is 0 Å². The van der Waals surface area contributed by atoms with Gasteiger partial charge in [-0.05, 0) is 30.2 Å².